The highest BCUT2D eigenvalue weighted by atomic mass is 16.5. The second-order valence-electron chi connectivity index (χ2n) is 5.97. The predicted molar refractivity (Wildman–Crippen MR) is 87.8 cm³/mol. The highest BCUT2D eigenvalue weighted by Crippen LogP contribution is 2.27. The summed E-state index contributed by atoms with van der Waals surface area (Å²) in [5, 5.41) is 4.45. The summed E-state index contributed by atoms with van der Waals surface area (Å²) in [6, 6.07) is 9.84. The zero-order valence-corrected chi connectivity index (χ0v) is 13.5. The largest absolute Gasteiger partial charge is 0.493 e. The number of amides is 1. The summed E-state index contributed by atoms with van der Waals surface area (Å²) in [4.78, 5) is 14.7. The summed E-state index contributed by atoms with van der Waals surface area (Å²) in [5.74, 6) is 0.749. The number of nitrogens with zero attached hydrogens (tertiary/aromatic N) is 3. The van der Waals surface area contributed by atoms with Gasteiger partial charge in [-0.1, -0.05) is 18.2 Å². The van der Waals surface area contributed by atoms with Crippen molar-refractivity contribution >= 4 is 5.91 Å². The molecule has 1 aromatic heterocycles. The number of hydrogen-bond donors (Lipinski definition) is 1. The normalized spacial score (nSPS) is 20.7. The zero-order valence-electron chi connectivity index (χ0n) is 13.5. The van der Waals surface area contributed by atoms with Crippen LogP contribution in [0.5, 0.6) is 5.75 Å². The lowest BCUT2D eigenvalue weighted by Crippen LogP contribution is -2.35. The maximum atomic E-state index is 12.9. The van der Waals surface area contributed by atoms with Crippen molar-refractivity contribution in [3.05, 3.63) is 42.2 Å². The maximum absolute atomic E-state index is 12.9. The van der Waals surface area contributed by atoms with Crippen molar-refractivity contribution in [2.75, 3.05) is 20.2 Å². The lowest BCUT2D eigenvalue weighted by Gasteiger charge is -2.20. The van der Waals surface area contributed by atoms with Gasteiger partial charge in [0.15, 0.2) is 11.4 Å². The summed E-state index contributed by atoms with van der Waals surface area (Å²) in [6.07, 6.45) is 2.67. The third-order valence-electron chi connectivity index (χ3n) is 4.38. The number of likely N-dealkylation sites (tertiary alicyclic amines) is 1. The second-order valence-corrected chi connectivity index (χ2v) is 5.97. The Balaban J connectivity index is 1.90. The van der Waals surface area contributed by atoms with Gasteiger partial charge in [-0.15, -0.1) is 0 Å². The van der Waals surface area contributed by atoms with E-state index in [1.165, 1.54) is 0 Å². The van der Waals surface area contributed by atoms with Gasteiger partial charge in [0.1, 0.15) is 0 Å². The van der Waals surface area contributed by atoms with Crippen molar-refractivity contribution in [1.82, 2.24) is 14.7 Å². The van der Waals surface area contributed by atoms with Gasteiger partial charge in [-0.2, -0.15) is 5.10 Å². The minimum absolute atomic E-state index is 0.0972. The molecule has 3 rings (SSSR count). The standard InChI is InChI=1S/C17H22N4O2/c1-12-8-13(9-18)10-20(12)17(22)16-15(23-2)11-21(19-16)14-6-4-3-5-7-14/h3-7,11-13H,8-10,18H2,1-2H3. The Bertz CT molecular complexity index is 683. The number of para-hydroxylation sites is 1. The average Bonchev–Trinajstić information content (AvgIpc) is 3.18. The topological polar surface area (TPSA) is 73.4 Å². The fourth-order valence-corrected chi connectivity index (χ4v) is 3.10. The summed E-state index contributed by atoms with van der Waals surface area (Å²) < 4.78 is 7.03. The van der Waals surface area contributed by atoms with Crippen LogP contribution in [-0.4, -0.2) is 46.8 Å². The molecule has 6 nitrogen and oxygen atoms in total. The van der Waals surface area contributed by atoms with E-state index in [-0.39, 0.29) is 11.9 Å². The molecule has 2 N–H and O–H groups in total. The predicted octanol–water partition coefficient (Wildman–Crippen LogP) is 1.69. The van der Waals surface area contributed by atoms with Crippen molar-refractivity contribution in [3.63, 3.8) is 0 Å². The van der Waals surface area contributed by atoms with E-state index in [4.69, 9.17) is 10.5 Å². The molecule has 1 saturated heterocycles. The number of carbonyl (C=O) groups excluding carboxylic acids is 1. The monoisotopic (exact) mass is 314 g/mol. The van der Waals surface area contributed by atoms with E-state index >= 15 is 0 Å². The number of carbonyl (C=O) groups is 1. The van der Waals surface area contributed by atoms with Crippen LogP contribution in [0.4, 0.5) is 0 Å². The molecule has 1 aliphatic heterocycles. The summed E-state index contributed by atoms with van der Waals surface area (Å²) in [5.41, 5.74) is 6.99. The van der Waals surface area contributed by atoms with Crippen LogP contribution in [-0.2, 0) is 0 Å². The number of hydrogen-bond acceptors (Lipinski definition) is 4. The van der Waals surface area contributed by atoms with Gasteiger partial charge in [-0.25, -0.2) is 4.68 Å². The first-order valence-corrected chi connectivity index (χ1v) is 7.84. The van der Waals surface area contributed by atoms with Gasteiger partial charge in [0.2, 0.25) is 0 Å². The Kier molecular flexibility index (Phi) is 4.34. The number of benzene rings is 1. The molecule has 0 aliphatic carbocycles. The van der Waals surface area contributed by atoms with Crippen LogP contribution < -0.4 is 10.5 Å². The Morgan fingerprint density at radius 2 is 2.13 bits per heavy atom. The number of rotatable bonds is 4. The van der Waals surface area contributed by atoms with Gasteiger partial charge in [-0.05, 0) is 37.9 Å². The van der Waals surface area contributed by atoms with Gasteiger partial charge >= 0.3 is 0 Å². The number of methoxy groups -OCH3 is 1. The lowest BCUT2D eigenvalue weighted by molar-refractivity contribution is 0.0733. The SMILES string of the molecule is COc1cn(-c2ccccc2)nc1C(=O)N1CC(CN)CC1C. The summed E-state index contributed by atoms with van der Waals surface area (Å²) in [7, 11) is 1.55. The Labute approximate surface area is 135 Å². The number of ether oxygens (including phenoxy) is 1. The van der Waals surface area contributed by atoms with E-state index in [0.29, 0.717) is 30.5 Å². The molecule has 0 spiro atoms. The molecule has 1 aromatic carbocycles. The fraction of sp³-hybridized carbons (Fsp3) is 0.412. The molecule has 6 heteroatoms. The summed E-state index contributed by atoms with van der Waals surface area (Å²) in [6.45, 7) is 3.33. The van der Waals surface area contributed by atoms with Crippen LogP contribution in [0.25, 0.3) is 5.69 Å². The molecule has 0 bridgehead atoms. The summed E-state index contributed by atoms with van der Waals surface area (Å²) >= 11 is 0. The second kappa shape index (κ2) is 6.42. The minimum atomic E-state index is -0.0972. The molecular weight excluding hydrogens is 292 g/mol. The van der Waals surface area contributed by atoms with Crippen LogP contribution in [0.1, 0.15) is 23.8 Å². The average molecular weight is 314 g/mol. The quantitative estimate of drug-likeness (QED) is 0.932. The lowest BCUT2D eigenvalue weighted by atomic mass is 10.1. The molecule has 122 valence electrons. The van der Waals surface area contributed by atoms with Gasteiger partial charge in [0.25, 0.3) is 5.91 Å². The molecule has 23 heavy (non-hydrogen) atoms. The number of nitrogens with two attached hydrogens (primary N) is 1. The van der Waals surface area contributed by atoms with Crippen LogP contribution in [0.15, 0.2) is 36.5 Å². The van der Waals surface area contributed by atoms with Gasteiger partial charge < -0.3 is 15.4 Å². The molecule has 2 unspecified atom stereocenters. The first-order chi connectivity index (χ1) is 11.1. The van der Waals surface area contributed by atoms with Crippen molar-refractivity contribution in [2.24, 2.45) is 11.7 Å². The maximum Gasteiger partial charge on any atom is 0.278 e. The van der Waals surface area contributed by atoms with E-state index in [0.717, 1.165) is 12.1 Å². The Hall–Kier alpha value is -2.34. The third-order valence-corrected chi connectivity index (χ3v) is 4.38. The van der Waals surface area contributed by atoms with Crippen molar-refractivity contribution in [1.29, 1.82) is 0 Å². The van der Waals surface area contributed by atoms with E-state index in [1.807, 2.05) is 42.2 Å². The fourth-order valence-electron chi connectivity index (χ4n) is 3.10. The highest BCUT2D eigenvalue weighted by molar-refractivity contribution is 5.95. The van der Waals surface area contributed by atoms with Gasteiger partial charge in [-0.3, -0.25) is 4.79 Å². The van der Waals surface area contributed by atoms with Crippen molar-refractivity contribution in [2.45, 2.75) is 19.4 Å². The Morgan fingerprint density at radius 1 is 1.39 bits per heavy atom. The molecule has 2 heterocycles. The first-order valence-electron chi connectivity index (χ1n) is 7.84. The first kappa shape index (κ1) is 15.6. The molecule has 0 radical (unpaired) electrons. The molecule has 1 aliphatic rings. The van der Waals surface area contributed by atoms with Crippen molar-refractivity contribution in [3.8, 4) is 11.4 Å². The molecule has 1 amide bonds. The van der Waals surface area contributed by atoms with Crippen LogP contribution >= 0.6 is 0 Å². The molecule has 2 atom stereocenters. The zero-order chi connectivity index (χ0) is 16.4. The van der Waals surface area contributed by atoms with Gasteiger partial charge in [0.05, 0.1) is 19.0 Å². The van der Waals surface area contributed by atoms with Gasteiger partial charge in [0, 0.05) is 12.6 Å². The highest BCUT2D eigenvalue weighted by Gasteiger charge is 2.34. The van der Waals surface area contributed by atoms with E-state index in [1.54, 1.807) is 18.0 Å². The number of aromatic nitrogens is 2. The molecule has 0 saturated carbocycles. The Morgan fingerprint density at radius 3 is 2.74 bits per heavy atom. The third kappa shape index (κ3) is 2.94. The van der Waals surface area contributed by atoms with Crippen LogP contribution in [0, 0.1) is 5.92 Å². The van der Waals surface area contributed by atoms with Crippen LogP contribution in [0.2, 0.25) is 0 Å². The van der Waals surface area contributed by atoms with E-state index < -0.39 is 0 Å². The minimum Gasteiger partial charge on any atom is -0.493 e. The molecule has 1 fully saturated rings. The van der Waals surface area contributed by atoms with Crippen molar-refractivity contribution < 1.29 is 9.53 Å². The smallest absolute Gasteiger partial charge is 0.278 e. The molecule has 2 aromatic rings. The molecular formula is C17H22N4O2. The van der Waals surface area contributed by atoms with E-state index in [2.05, 4.69) is 5.10 Å². The van der Waals surface area contributed by atoms with Crippen LogP contribution in [0.3, 0.4) is 0 Å². The van der Waals surface area contributed by atoms with E-state index in [9.17, 15) is 4.79 Å².